The van der Waals surface area contributed by atoms with Gasteiger partial charge in [-0.05, 0) is 38.0 Å². The molecule has 2 fully saturated rings. The molecule has 2 aromatic rings. The minimum absolute atomic E-state index is 0.145. The summed E-state index contributed by atoms with van der Waals surface area (Å²) >= 11 is 0. The van der Waals surface area contributed by atoms with Crippen molar-refractivity contribution in [2.75, 3.05) is 31.5 Å². The lowest BCUT2D eigenvalue weighted by molar-refractivity contribution is -0.132. The largest absolute Gasteiger partial charge is 0.340 e. The van der Waals surface area contributed by atoms with Crippen molar-refractivity contribution < 1.29 is 9.59 Å². The van der Waals surface area contributed by atoms with Gasteiger partial charge < -0.3 is 14.8 Å². The van der Waals surface area contributed by atoms with Gasteiger partial charge in [-0.2, -0.15) is 0 Å². The third-order valence-corrected chi connectivity index (χ3v) is 6.78. The predicted molar refractivity (Wildman–Crippen MR) is 123 cm³/mol. The molecule has 7 heteroatoms. The SMILES string of the molecule is CCC(=O)N1CCN(Cc2nc3cc(NC(=O)C4CCCCC4)ccc3n2CC)CC1. The van der Waals surface area contributed by atoms with Gasteiger partial charge in [0.1, 0.15) is 5.82 Å². The highest BCUT2D eigenvalue weighted by atomic mass is 16.2. The average Bonchev–Trinajstić information content (AvgIpc) is 3.15. The summed E-state index contributed by atoms with van der Waals surface area (Å²) in [5, 5.41) is 3.12. The monoisotopic (exact) mass is 425 g/mol. The number of piperazine rings is 1. The fourth-order valence-corrected chi connectivity index (χ4v) is 4.92. The molecule has 1 aromatic carbocycles. The first-order valence-corrected chi connectivity index (χ1v) is 11.9. The number of benzene rings is 1. The number of nitrogens with zero attached hydrogens (tertiary/aromatic N) is 4. The quantitative estimate of drug-likeness (QED) is 0.767. The van der Waals surface area contributed by atoms with Gasteiger partial charge in [-0.1, -0.05) is 26.2 Å². The van der Waals surface area contributed by atoms with Gasteiger partial charge in [0, 0.05) is 50.7 Å². The molecule has 0 unspecified atom stereocenters. The van der Waals surface area contributed by atoms with Crippen molar-refractivity contribution in [1.29, 1.82) is 0 Å². The van der Waals surface area contributed by atoms with Gasteiger partial charge in [0.05, 0.1) is 17.6 Å². The van der Waals surface area contributed by atoms with Crippen LogP contribution in [0.5, 0.6) is 0 Å². The Morgan fingerprint density at radius 2 is 1.81 bits per heavy atom. The molecule has 31 heavy (non-hydrogen) atoms. The molecule has 1 saturated carbocycles. The molecule has 0 radical (unpaired) electrons. The number of fused-ring (bicyclic) bond motifs is 1. The van der Waals surface area contributed by atoms with Gasteiger partial charge in [0.25, 0.3) is 0 Å². The molecule has 0 atom stereocenters. The van der Waals surface area contributed by atoms with Crippen LogP contribution in [0.2, 0.25) is 0 Å². The maximum Gasteiger partial charge on any atom is 0.227 e. The summed E-state index contributed by atoms with van der Waals surface area (Å²) in [4.78, 5) is 33.8. The van der Waals surface area contributed by atoms with Gasteiger partial charge in [-0.15, -0.1) is 0 Å². The maximum atomic E-state index is 12.6. The van der Waals surface area contributed by atoms with Crippen LogP contribution in [0.1, 0.15) is 58.2 Å². The summed E-state index contributed by atoms with van der Waals surface area (Å²) in [6.07, 6.45) is 6.13. The fourth-order valence-electron chi connectivity index (χ4n) is 4.92. The van der Waals surface area contributed by atoms with E-state index in [0.717, 1.165) is 87.5 Å². The summed E-state index contributed by atoms with van der Waals surface area (Å²) in [7, 11) is 0. The molecule has 2 heterocycles. The van der Waals surface area contributed by atoms with E-state index in [1.165, 1.54) is 6.42 Å². The van der Waals surface area contributed by atoms with E-state index in [0.29, 0.717) is 6.42 Å². The fraction of sp³-hybridized carbons (Fsp3) is 0.625. The Kier molecular flexibility index (Phi) is 6.90. The van der Waals surface area contributed by atoms with Crippen molar-refractivity contribution in [3.05, 3.63) is 24.0 Å². The molecule has 1 aliphatic heterocycles. The Labute approximate surface area is 184 Å². The van der Waals surface area contributed by atoms with Crippen molar-refractivity contribution in [3.8, 4) is 0 Å². The first-order valence-electron chi connectivity index (χ1n) is 11.9. The standard InChI is InChI=1S/C24H35N5O2/c1-3-23(30)28-14-12-27(13-15-28)17-22-26-20-16-19(10-11-21(20)29(22)4-2)25-24(31)18-8-6-5-7-9-18/h10-11,16,18H,3-9,12-15,17H2,1-2H3,(H,25,31). The third kappa shape index (κ3) is 4.92. The molecule has 1 aromatic heterocycles. The lowest BCUT2D eigenvalue weighted by Gasteiger charge is -2.34. The summed E-state index contributed by atoms with van der Waals surface area (Å²) in [5.74, 6) is 1.58. The lowest BCUT2D eigenvalue weighted by Crippen LogP contribution is -2.48. The van der Waals surface area contributed by atoms with E-state index in [1.54, 1.807) is 0 Å². The van der Waals surface area contributed by atoms with E-state index in [9.17, 15) is 9.59 Å². The maximum absolute atomic E-state index is 12.6. The summed E-state index contributed by atoms with van der Waals surface area (Å²) in [5.41, 5.74) is 2.87. The Balaban J connectivity index is 1.44. The van der Waals surface area contributed by atoms with Crippen molar-refractivity contribution in [2.24, 2.45) is 5.92 Å². The topological polar surface area (TPSA) is 70.5 Å². The molecule has 4 rings (SSSR count). The van der Waals surface area contributed by atoms with E-state index in [4.69, 9.17) is 4.98 Å². The van der Waals surface area contributed by atoms with Crippen LogP contribution in [0.25, 0.3) is 11.0 Å². The van der Waals surface area contributed by atoms with E-state index in [-0.39, 0.29) is 17.7 Å². The van der Waals surface area contributed by atoms with Gasteiger partial charge in [0.15, 0.2) is 0 Å². The Morgan fingerprint density at radius 1 is 1.06 bits per heavy atom. The van der Waals surface area contributed by atoms with Crippen LogP contribution in [-0.2, 0) is 22.7 Å². The number of hydrogen-bond acceptors (Lipinski definition) is 4. The van der Waals surface area contributed by atoms with E-state index in [1.807, 2.05) is 24.0 Å². The molecular weight excluding hydrogens is 390 g/mol. The number of imidazole rings is 1. The second-order valence-corrected chi connectivity index (χ2v) is 8.81. The molecule has 1 aliphatic carbocycles. The van der Waals surface area contributed by atoms with E-state index >= 15 is 0 Å². The molecule has 1 saturated heterocycles. The first-order chi connectivity index (χ1) is 15.1. The number of anilines is 1. The summed E-state index contributed by atoms with van der Waals surface area (Å²) in [6.45, 7) is 9.02. The van der Waals surface area contributed by atoms with Crippen LogP contribution >= 0.6 is 0 Å². The highest BCUT2D eigenvalue weighted by Crippen LogP contribution is 2.26. The smallest absolute Gasteiger partial charge is 0.227 e. The minimum atomic E-state index is 0.145. The van der Waals surface area contributed by atoms with Crippen molar-refractivity contribution in [1.82, 2.24) is 19.4 Å². The molecule has 7 nitrogen and oxygen atoms in total. The van der Waals surface area contributed by atoms with Crippen molar-refractivity contribution in [3.63, 3.8) is 0 Å². The van der Waals surface area contributed by atoms with Gasteiger partial charge >= 0.3 is 0 Å². The molecule has 2 aliphatic rings. The Bertz CT molecular complexity index is 923. The van der Waals surface area contributed by atoms with Crippen LogP contribution in [-0.4, -0.2) is 57.3 Å². The van der Waals surface area contributed by atoms with Crippen LogP contribution in [0.4, 0.5) is 5.69 Å². The average molecular weight is 426 g/mol. The normalized spacial score (nSPS) is 18.5. The van der Waals surface area contributed by atoms with E-state index in [2.05, 4.69) is 27.8 Å². The zero-order valence-corrected chi connectivity index (χ0v) is 18.9. The number of carbonyl (C=O) groups excluding carboxylic acids is 2. The van der Waals surface area contributed by atoms with Gasteiger partial charge in [0.2, 0.25) is 11.8 Å². The number of amides is 2. The first kappa shape index (κ1) is 21.8. The zero-order chi connectivity index (χ0) is 21.8. The van der Waals surface area contributed by atoms with Crippen LogP contribution < -0.4 is 5.32 Å². The number of nitrogens with one attached hydrogen (secondary N) is 1. The Morgan fingerprint density at radius 3 is 2.48 bits per heavy atom. The third-order valence-electron chi connectivity index (χ3n) is 6.78. The number of rotatable bonds is 6. The van der Waals surface area contributed by atoms with E-state index < -0.39 is 0 Å². The van der Waals surface area contributed by atoms with Crippen LogP contribution in [0, 0.1) is 5.92 Å². The summed E-state index contributed by atoms with van der Waals surface area (Å²) < 4.78 is 2.26. The van der Waals surface area contributed by atoms with Gasteiger partial charge in [-0.25, -0.2) is 4.98 Å². The molecule has 1 N–H and O–H groups in total. The number of aromatic nitrogens is 2. The van der Waals surface area contributed by atoms with Crippen molar-refractivity contribution >= 4 is 28.5 Å². The van der Waals surface area contributed by atoms with Crippen LogP contribution in [0.3, 0.4) is 0 Å². The van der Waals surface area contributed by atoms with Crippen LogP contribution in [0.15, 0.2) is 18.2 Å². The van der Waals surface area contributed by atoms with Gasteiger partial charge in [-0.3, -0.25) is 14.5 Å². The van der Waals surface area contributed by atoms with Crippen molar-refractivity contribution in [2.45, 2.75) is 65.5 Å². The highest BCUT2D eigenvalue weighted by molar-refractivity contribution is 5.94. The second-order valence-electron chi connectivity index (χ2n) is 8.81. The number of hydrogen-bond donors (Lipinski definition) is 1. The minimum Gasteiger partial charge on any atom is -0.340 e. The molecule has 168 valence electrons. The molecular formula is C24H35N5O2. The lowest BCUT2D eigenvalue weighted by atomic mass is 9.88. The predicted octanol–water partition coefficient (Wildman–Crippen LogP) is 3.63. The molecule has 2 amide bonds. The molecule has 0 spiro atoms. The Hall–Kier alpha value is -2.41. The molecule has 0 bridgehead atoms. The number of aryl methyl sites for hydroxylation is 1. The number of carbonyl (C=O) groups is 2. The zero-order valence-electron chi connectivity index (χ0n) is 18.9. The second kappa shape index (κ2) is 9.81. The summed E-state index contributed by atoms with van der Waals surface area (Å²) in [6, 6.07) is 6.07. The highest BCUT2D eigenvalue weighted by Gasteiger charge is 2.23.